The molecule has 0 aliphatic heterocycles. The van der Waals surface area contributed by atoms with Crippen LogP contribution in [0.15, 0.2) is 12.1 Å². The zero-order valence-corrected chi connectivity index (χ0v) is 7.09. The van der Waals surface area contributed by atoms with Gasteiger partial charge in [0.1, 0.15) is 5.75 Å². The van der Waals surface area contributed by atoms with E-state index in [0.29, 0.717) is 5.56 Å². The highest BCUT2D eigenvalue weighted by Gasteiger charge is 2.11. The van der Waals surface area contributed by atoms with Crippen LogP contribution in [-0.4, -0.2) is 10.9 Å². The summed E-state index contributed by atoms with van der Waals surface area (Å²) >= 11 is 0. The number of aryl methyl sites for hydroxylation is 1. The fraction of sp³-hybridized carbons (Fsp3) is 0.222. The molecule has 0 aromatic heterocycles. The maximum atomic E-state index is 11.0. The van der Waals surface area contributed by atoms with Gasteiger partial charge in [-0.2, -0.15) is 0 Å². The van der Waals surface area contributed by atoms with Crippen molar-refractivity contribution in [3.8, 4) is 5.75 Å². The molecule has 1 rings (SSSR count). The Hall–Kier alpha value is -1.51. The molecule has 0 saturated carbocycles. The predicted molar refractivity (Wildman–Crippen MR) is 47.3 cm³/mol. The molecular weight excluding hydrogens is 154 g/mol. The molecule has 0 aliphatic rings. The first kappa shape index (κ1) is 8.59. The number of phenols is 1. The van der Waals surface area contributed by atoms with E-state index in [1.807, 2.05) is 0 Å². The topological polar surface area (TPSA) is 63.3 Å². The van der Waals surface area contributed by atoms with Crippen LogP contribution in [0.25, 0.3) is 0 Å². The number of hydrogen-bond donors (Lipinski definition) is 2. The summed E-state index contributed by atoms with van der Waals surface area (Å²) in [5.74, 6) is -0.278. The Morgan fingerprint density at radius 2 is 2.08 bits per heavy atom. The Balaban J connectivity index is 3.43. The van der Waals surface area contributed by atoms with E-state index in [9.17, 15) is 9.90 Å². The van der Waals surface area contributed by atoms with Gasteiger partial charge in [-0.1, -0.05) is 6.07 Å². The number of Topliss-reactive ketones (excluding diaryl/α,β-unsaturated/α-hetero) is 1. The highest BCUT2D eigenvalue weighted by atomic mass is 16.3. The number of carbonyl (C=O) groups is 1. The monoisotopic (exact) mass is 165 g/mol. The first-order valence-corrected chi connectivity index (χ1v) is 3.63. The average Bonchev–Trinajstić information content (AvgIpc) is 1.97. The van der Waals surface area contributed by atoms with Crippen LogP contribution in [0.4, 0.5) is 5.69 Å². The number of phenolic OH excluding ortho intramolecular Hbond substituents is 1. The van der Waals surface area contributed by atoms with Crippen molar-refractivity contribution in [1.82, 2.24) is 0 Å². The zero-order chi connectivity index (χ0) is 9.30. The van der Waals surface area contributed by atoms with Gasteiger partial charge in [0, 0.05) is 0 Å². The lowest BCUT2D eigenvalue weighted by Gasteiger charge is -2.06. The Labute approximate surface area is 70.8 Å². The number of nitrogens with two attached hydrogens (primary N) is 1. The summed E-state index contributed by atoms with van der Waals surface area (Å²) in [6.07, 6.45) is 0. The molecule has 0 radical (unpaired) electrons. The van der Waals surface area contributed by atoms with Crippen molar-refractivity contribution in [2.24, 2.45) is 0 Å². The quantitative estimate of drug-likeness (QED) is 0.376. The van der Waals surface area contributed by atoms with Crippen molar-refractivity contribution in [2.75, 3.05) is 5.73 Å². The third kappa shape index (κ3) is 1.25. The van der Waals surface area contributed by atoms with Crippen LogP contribution >= 0.6 is 0 Å². The molecule has 0 atom stereocenters. The number of ketones is 1. The van der Waals surface area contributed by atoms with E-state index in [1.165, 1.54) is 6.92 Å². The fourth-order valence-corrected chi connectivity index (χ4v) is 1.15. The van der Waals surface area contributed by atoms with Gasteiger partial charge < -0.3 is 10.8 Å². The van der Waals surface area contributed by atoms with Crippen LogP contribution in [0.2, 0.25) is 0 Å². The van der Waals surface area contributed by atoms with Crippen molar-refractivity contribution in [1.29, 1.82) is 0 Å². The molecule has 12 heavy (non-hydrogen) atoms. The number of benzene rings is 1. The molecule has 0 unspecified atom stereocenters. The van der Waals surface area contributed by atoms with E-state index in [4.69, 9.17) is 5.73 Å². The van der Waals surface area contributed by atoms with Crippen LogP contribution in [0.3, 0.4) is 0 Å². The lowest BCUT2D eigenvalue weighted by molar-refractivity contribution is 0.101. The predicted octanol–water partition coefficient (Wildman–Crippen LogP) is 1.49. The second kappa shape index (κ2) is 2.85. The minimum Gasteiger partial charge on any atom is -0.505 e. The van der Waals surface area contributed by atoms with Gasteiger partial charge in [0.2, 0.25) is 0 Å². The molecule has 0 spiro atoms. The molecular formula is C9H11NO2. The largest absolute Gasteiger partial charge is 0.505 e. The molecule has 1 aromatic carbocycles. The van der Waals surface area contributed by atoms with Crippen molar-refractivity contribution < 1.29 is 9.90 Å². The average molecular weight is 165 g/mol. The van der Waals surface area contributed by atoms with Crippen LogP contribution in [0.5, 0.6) is 5.75 Å². The number of nitrogen functional groups attached to an aromatic ring is 1. The van der Waals surface area contributed by atoms with E-state index in [-0.39, 0.29) is 17.2 Å². The summed E-state index contributed by atoms with van der Waals surface area (Å²) in [5, 5.41) is 9.40. The highest BCUT2D eigenvalue weighted by Crippen LogP contribution is 2.27. The van der Waals surface area contributed by atoms with Gasteiger partial charge in [-0.05, 0) is 25.5 Å². The van der Waals surface area contributed by atoms with E-state index in [1.54, 1.807) is 19.1 Å². The summed E-state index contributed by atoms with van der Waals surface area (Å²) in [4.78, 5) is 11.0. The summed E-state index contributed by atoms with van der Waals surface area (Å²) < 4.78 is 0. The third-order valence-corrected chi connectivity index (χ3v) is 1.77. The summed E-state index contributed by atoms with van der Waals surface area (Å²) in [6, 6.07) is 3.29. The summed E-state index contributed by atoms with van der Waals surface area (Å²) in [7, 11) is 0. The zero-order valence-electron chi connectivity index (χ0n) is 7.09. The maximum Gasteiger partial charge on any atom is 0.163 e. The van der Waals surface area contributed by atoms with Crippen LogP contribution in [0, 0.1) is 6.92 Å². The molecule has 1 aromatic rings. The second-order valence-electron chi connectivity index (χ2n) is 2.75. The Morgan fingerprint density at radius 1 is 1.50 bits per heavy atom. The van der Waals surface area contributed by atoms with Gasteiger partial charge in [-0.25, -0.2) is 0 Å². The Bertz CT molecular complexity index is 332. The molecule has 0 bridgehead atoms. The lowest BCUT2D eigenvalue weighted by atomic mass is 10.0. The first-order valence-electron chi connectivity index (χ1n) is 3.63. The number of aromatic hydroxyl groups is 1. The molecule has 0 amide bonds. The van der Waals surface area contributed by atoms with Crippen molar-refractivity contribution in [3.63, 3.8) is 0 Å². The highest BCUT2D eigenvalue weighted by molar-refractivity contribution is 5.99. The van der Waals surface area contributed by atoms with Crippen molar-refractivity contribution >= 4 is 11.5 Å². The van der Waals surface area contributed by atoms with Crippen LogP contribution in [-0.2, 0) is 0 Å². The van der Waals surface area contributed by atoms with Crippen LogP contribution in [0.1, 0.15) is 22.8 Å². The van der Waals surface area contributed by atoms with E-state index in [2.05, 4.69) is 0 Å². The van der Waals surface area contributed by atoms with Gasteiger partial charge >= 0.3 is 0 Å². The van der Waals surface area contributed by atoms with E-state index < -0.39 is 0 Å². The molecule has 0 aliphatic carbocycles. The second-order valence-corrected chi connectivity index (χ2v) is 2.75. The van der Waals surface area contributed by atoms with Crippen LogP contribution < -0.4 is 5.73 Å². The SMILES string of the molecule is CC(=O)c1c(C)ccc(N)c1O. The molecule has 0 saturated heterocycles. The molecule has 3 nitrogen and oxygen atoms in total. The molecule has 64 valence electrons. The van der Waals surface area contributed by atoms with E-state index in [0.717, 1.165) is 5.56 Å². The van der Waals surface area contributed by atoms with Gasteiger partial charge in [0.15, 0.2) is 5.78 Å². The molecule has 3 N–H and O–H groups in total. The van der Waals surface area contributed by atoms with Crippen molar-refractivity contribution in [3.05, 3.63) is 23.3 Å². The van der Waals surface area contributed by atoms with Gasteiger partial charge in [0.25, 0.3) is 0 Å². The first-order chi connectivity index (χ1) is 5.54. The smallest absolute Gasteiger partial charge is 0.163 e. The normalized spacial score (nSPS) is 9.83. The minimum atomic E-state index is -0.169. The standard InChI is InChI=1S/C9H11NO2/c1-5-3-4-7(10)9(12)8(5)6(2)11/h3-4,12H,10H2,1-2H3. The maximum absolute atomic E-state index is 11.0. The van der Waals surface area contributed by atoms with Gasteiger partial charge in [0.05, 0.1) is 11.3 Å². The summed E-state index contributed by atoms with van der Waals surface area (Å²) in [6.45, 7) is 3.16. The number of hydrogen-bond acceptors (Lipinski definition) is 3. The van der Waals surface area contributed by atoms with E-state index >= 15 is 0 Å². The fourth-order valence-electron chi connectivity index (χ4n) is 1.15. The number of rotatable bonds is 1. The number of carbonyl (C=O) groups excluding carboxylic acids is 1. The Kier molecular flexibility index (Phi) is 2.04. The molecule has 3 heteroatoms. The lowest BCUT2D eigenvalue weighted by Crippen LogP contribution is -1.99. The van der Waals surface area contributed by atoms with Crippen molar-refractivity contribution in [2.45, 2.75) is 13.8 Å². The minimum absolute atomic E-state index is 0.109. The number of anilines is 1. The molecule has 0 heterocycles. The Morgan fingerprint density at radius 3 is 2.50 bits per heavy atom. The molecule has 0 fully saturated rings. The summed E-state index contributed by atoms with van der Waals surface area (Å²) in [5.41, 5.74) is 6.73. The third-order valence-electron chi connectivity index (χ3n) is 1.77. The van der Waals surface area contributed by atoms with Gasteiger partial charge in [-0.15, -0.1) is 0 Å². The van der Waals surface area contributed by atoms with Gasteiger partial charge in [-0.3, -0.25) is 4.79 Å².